The van der Waals surface area contributed by atoms with E-state index in [4.69, 9.17) is 4.18 Å². The average Bonchev–Trinajstić information content (AvgIpc) is 3.23. The fraction of sp³-hybridized carbons (Fsp3) is 0.273. The van der Waals surface area contributed by atoms with E-state index in [0.29, 0.717) is 10.6 Å². The first-order valence-electron chi connectivity index (χ1n) is 9.54. The maximum atomic E-state index is 12.3. The van der Waals surface area contributed by atoms with Crippen molar-refractivity contribution < 1.29 is 8.39 Å². The van der Waals surface area contributed by atoms with E-state index in [1.54, 1.807) is 0 Å². The smallest absolute Gasteiger partial charge is 0.240 e. The molecule has 2 heterocycles. The van der Waals surface area contributed by atoms with E-state index in [9.17, 15) is 4.21 Å². The van der Waals surface area contributed by atoms with Gasteiger partial charge in [0.15, 0.2) is 0 Å². The van der Waals surface area contributed by atoms with Gasteiger partial charge in [0, 0.05) is 50.3 Å². The predicted octanol–water partition coefficient (Wildman–Crippen LogP) is 3.75. The van der Waals surface area contributed by atoms with Crippen molar-refractivity contribution in [1.29, 1.82) is 0 Å². The highest BCUT2D eigenvalue weighted by atomic mass is 32.2. The molecule has 146 valence electrons. The molecule has 0 spiro atoms. The first kappa shape index (κ1) is 18.8. The third-order valence-electron chi connectivity index (χ3n) is 5.02. The molecule has 1 aliphatic heterocycles. The third kappa shape index (κ3) is 4.64. The highest BCUT2D eigenvalue weighted by molar-refractivity contribution is 7.80. The zero-order chi connectivity index (χ0) is 19.3. The molecule has 28 heavy (non-hydrogen) atoms. The van der Waals surface area contributed by atoms with Crippen molar-refractivity contribution in [2.75, 3.05) is 31.1 Å². The molecule has 0 radical (unpaired) electrons. The minimum atomic E-state index is -1.50. The van der Waals surface area contributed by atoms with E-state index in [-0.39, 0.29) is 0 Å². The number of hydrogen-bond acceptors (Lipinski definition) is 4. The van der Waals surface area contributed by atoms with E-state index >= 15 is 0 Å². The van der Waals surface area contributed by atoms with Crippen molar-refractivity contribution >= 4 is 16.8 Å². The second kappa shape index (κ2) is 8.63. The molecular formula is C22H25N3O2S. The lowest BCUT2D eigenvalue weighted by atomic mass is 10.2. The van der Waals surface area contributed by atoms with Crippen LogP contribution in [-0.2, 0) is 17.6 Å². The van der Waals surface area contributed by atoms with Crippen LogP contribution in [0.3, 0.4) is 0 Å². The molecule has 0 saturated carbocycles. The Kier molecular flexibility index (Phi) is 5.78. The first-order valence-corrected chi connectivity index (χ1v) is 10.6. The Labute approximate surface area is 168 Å². The van der Waals surface area contributed by atoms with Gasteiger partial charge in [0.1, 0.15) is 5.75 Å². The Bertz CT molecular complexity index is 900. The van der Waals surface area contributed by atoms with E-state index in [1.807, 2.05) is 67.7 Å². The number of aryl methyl sites for hydroxylation is 1. The maximum Gasteiger partial charge on any atom is 0.240 e. The van der Waals surface area contributed by atoms with Gasteiger partial charge in [0.05, 0.1) is 4.90 Å². The number of H-pyrrole nitrogens is 1. The van der Waals surface area contributed by atoms with Gasteiger partial charge in [-0.1, -0.05) is 17.7 Å². The molecule has 1 aromatic heterocycles. The molecule has 3 aromatic rings. The summed E-state index contributed by atoms with van der Waals surface area (Å²) in [5.41, 5.74) is 3.57. The molecule has 1 N–H and O–H groups in total. The quantitative estimate of drug-likeness (QED) is 0.691. The summed E-state index contributed by atoms with van der Waals surface area (Å²) in [7, 11) is 0. The van der Waals surface area contributed by atoms with Gasteiger partial charge in [-0.25, -0.2) is 4.21 Å². The minimum absolute atomic E-state index is 0.619. The molecule has 0 aliphatic carbocycles. The normalized spacial score (nSPS) is 16.1. The molecule has 1 saturated heterocycles. The standard InChI is InChI=1S/C22H25N3O2S/c1-18-4-10-22(11-5-18)28(26)27-21-8-6-20(7-9-21)25-15-13-24(14-16-25)17-19-3-2-12-23-19/h2-12,23H,13-17H2,1H3. The molecule has 4 rings (SSSR count). The van der Waals surface area contributed by atoms with Crippen LogP contribution in [0.25, 0.3) is 0 Å². The molecule has 1 atom stereocenters. The largest absolute Gasteiger partial charge is 0.397 e. The van der Waals surface area contributed by atoms with Crippen molar-refractivity contribution in [1.82, 2.24) is 9.88 Å². The maximum absolute atomic E-state index is 12.3. The van der Waals surface area contributed by atoms with Crippen molar-refractivity contribution in [2.45, 2.75) is 18.4 Å². The van der Waals surface area contributed by atoms with Gasteiger partial charge in [-0.2, -0.15) is 0 Å². The molecule has 6 heteroatoms. The Morgan fingerprint density at radius 3 is 2.32 bits per heavy atom. The summed E-state index contributed by atoms with van der Waals surface area (Å²) < 4.78 is 17.9. The molecule has 2 aromatic carbocycles. The Morgan fingerprint density at radius 2 is 1.68 bits per heavy atom. The summed E-state index contributed by atoms with van der Waals surface area (Å²) in [6.45, 7) is 7.04. The van der Waals surface area contributed by atoms with Crippen molar-refractivity contribution in [2.24, 2.45) is 0 Å². The van der Waals surface area contributed by atoms with Crippen LogP contribution in [0.5, 0.6) is 5.75 Å². The molecule has 1 fully saturated rings. The van der Waals surface area contributed by atoms with Crippen molar-refractivity contribution in [3.05, 3.63) is 78.1 Å². The van der Waals surface area contributed by atoms with Crippen molar-refractivity contribution in [3.8, 4) is 5.75 Å². The third-order valence-corrected chi connectivity index (χ3v) is 6.02. The summed E-state index contributed by atoms with van der Waals surface area (Å²) in [6.07, 6.45) is 1.97. The average molecular weight is 396 g/mol. The number of anilines is 1. The van der Waals surface area contributed by atoms with Gasteiger partial charge in [0.25, 0.3) is 0 Å². The van der Waals surface area contributed by atoms with E-state index < -0.39 is 11.1 Å². The van der Waals surface area contributed by atoms with Gasteiger partial charge >= 0.3 is 0 Å². The fourth-order valence-corrected chi connectivity index (χ4v) is 4.11. The van der Waals surface area contributed by atoms with Crippen LogP contribution in [0.4, 0.5) is 5.69 Å². The predicted molar refractivity (Wildman–Crippen MR) is 113 cm³/mol. The number of hydrogen-bond donors (Lipinski definition) is 1. The lowest BCUT2D eigenvalue weighted by Gasteiger charge is -2.36. The van der Waals surface area contributed by atoms with Crippen LogP contribution in [0.15, 0.2) is 71.8 Å². The number of nitrogens with one attached hydrogen (secondary N) is 1. The second-order valence-corrected chi connectivity index (χ2v) is 8.19. The number of aromatic amines is 1. The molecule has 0 amide bonds. The van der Waals surface area contributed by atoms with Crippen LogP contribution in [0, 0.1) is 6.92 Å². The summed E-state index contributed by atoms with van der Waals surface area (Å²) in [4.78, 5) is 8.79. The zero-order valence-corrected chi connectivity index (χ0v) is 16.8. The number of piperazine rings is 1. The molecule has 1 aliphatic rings. The SMILES string of the molecule is Cc1ccc(S(=O)Oc2ccc(N3CCN(Cc4ccc[nH]4)CC3)cc2)cc1. The monoisotopic (exact) mass is 395 g/mol. The molecule has 0 bridgehead atoms. The second-order valence-electron chi connectivity index (χ2n) is 7.08. The Balaban J connectivity index is 1.31. The van der Waals surface area contributed by atoms with Crippen LogP contribution in [0.1, 0.15) is 11.3 Å². The number of rotatable bonds is 6. The van der Waals surface area contributed by atoms with E-state index in [0.717, 1.165) is 38.3 Å². The fourth-order valence-electron chi connectivity index (χ4n) is 3.37. The molecule has 5 nitrogen and oxygen atoms in total. The van der Waals surface area contributed by atoms with Crippen LogP contribution < -0.4 is 9.08 Å². The molecular weight excluding hydrogens is 370 g/mol. The van der Waals surface area contributed by atoms with E-state index in [1.165, 1.54) is 11.4 Å². The van der Waals surface area contributed by atoms with Crippen LogP contribution in [-0.4, -0.2) is 40.3 Å². The van der Waals surface area contributed by atoms with Crippen molar-refractivity contribution in [3.63, 3.8) is 0 Å². The number of benzene rings is 2. The number of aromatic nitrogens is 1. The zero-order valence-electron chi connectivity index (χ0n) is 16.0. The highest BCUT2D eigenvalue weighted by Crippen LogP contribution is 2.23. The Hall–Kier alpha value is -2.57. The number of nitrogens with zero attached hydrogens (tertiary/aromatic N) is 2. The van der Waals surface area contributed by atoms with Gasteiger partial charge in [-0.15, -0.1) is 0 Å². The Morgan fingerprint density at radius 1 is 0.964 bits per heavy atom. The minimum Gasteiger partial charge on any atom is -0.397 e. The summed E-state index contributed by atoms with van der Waals surface area (Å²) >= 11 is -1.50. The summed E-state index contributed by atoms with van der Waals surface area (Å²) in [6, 6.07) is 19.6. The van der Waals surface area contributed by atoms with Crippen LogP contribution >= 0.6 is 0 Å². The first-order chi connectivity index (χ1) is 13.7. The summed E-state index contributed by atoms with van der Waals surface area (Å²) in [5, 5.41) is 0. The van der Waals surface area contributed by atoms with Gasteiger partial charge in [-0.05, 0) is 55.5 Å². The van der Waals surface area contributed by atoms with Gasteiger partial charge in [-0.3, -0.25) is 4.90 Å². The van der Waals surface area contributed by atoms with Gasteiger partial charge < -0.3 is 14.1 Å². The highest BCUT2D eigenvalue weighted by Gasteiger charge is 2.17. The topological polar surface area (TPSA) is 48.6 Å². The summed E-state index contributed by atoms with van der Waals surface area (Å²) in [5.74, 6) is 0.619. The lowest BCUT2D eigenvalue weighted by Crippen LogP contribution is -2.46. The molecule has 1 unspecified atom stereocenters. The van der Waals surface area contributed by atoms with Crippen LogP contribution in [0.2, 0.25) is 0 Å². The lowest BCUT2D eigenvalue weighted by molar-refractivity contribution is 0.247. The van der Waals surface area contributed by atoms with E-state index in [2.05, 4.69) is 20.9 Å². The van der Waals surface area contributed by atoms with Gasteiger partial charge in [0.2, 0.25) is 11.1 Å².